The highest BCUT2D eigenvalue weighted by molar-refractivity contribution is 9.10. The molecule has 1 heterocycles. The standard InChI is InChI=1S/C11H12BrN/c1-6-4-5-7(2)10-9(6)8(3)11(12)13-10/h4-5,13H,1-3H3. The van der Waals surface area contributed by atoms with Crippen molar-refractivity contribution in [2.24, 2.45) is 0 Å². The summed E-state index contributed by atoms with van der Waals surface area (Å²) in [6.07, 6.45) is 0. The fourth-order valence-electron chi connectivity index (χ4n) is 1.77. The van der Waals surface area contributed by atoms with Gasteiger partial charge >= 0.3 is 0 Å². The normalized spacial score (nSPS) is 11.1. The summed E-state index contributed by atoms with van der Waals surface area (Å²) in [5, 5.41) is 1.35. The van der Waals surface area contributed by atoms with Crippen molar-refractivity contribution >= 4 is 26.8 Å². The molecule has 0 unspecified atom stereocenters. The average molecular weight is 238 g/mol. The Bertz CT molecular complexity index is 468. The highest BCUT2D eigenvalue weighted by Gasteiger charge is 2.08. The molecule has 0 fully saturated rings. The van der Waals surface area contributed by atoms with Crippen LogP contribution in [0, 0.1) is 20.8 Å². The maximum absolute atomic E-state index is 3.52. The van der Waals surface area contributed by atoms with Gasteiger partial charge in [0.25, 0.3) is 0 Å². The lowest BCUT2D eigenvalue weighted by molar-refractivity contribution is 1.34. The van der Waals surface area contributed by atoms with Gasteiger partial charge in [-0.1, -0.05) is 12.1 Å². The van der Waals surface area contributed by atoms with E-state index in [0.717, 1.165) is 4.60 Å². The molecule has 1 nitrogen and oxygen atoms in total. The molecule has 0 saturated carbocycles. The summed E-state index contributed by atoms with van der Waals surface area (Å²) in [5.41, 5.74) is 5.19. The molecule has 0 saturated heterocycles. The van der Waals surface area contributed by atoms with E-state index in [2.05, 4.69) is 53.8 Å². The number of hydrogen-bond acceptors (Lipinski definition) is 0. The topological polar surface area (TPSA) is 15.8 Å². The first kappa shape index (κ1) is 8.82. The van der Waals surface area contributed by atoms with Gasteiger partial charge in [-0.3, -0.25) is 0 Å². The van der Waals surface area contributed by atoms with Gasteiger partial charge in [-0.25, -0.2) is 0 Å². The molecule has 1 aromatic heterocycles. The fraction of sp³-hybridized carbons (Fsp3) is 0.273. The molecule has 0 aliphatic rings. The molecule has 0 bridgehead atoms. The van der Waals surface area contributed by atoms with Crippen molar-refractivity contribution < 1.29 is 0 Å². The van der Waals surface area contributed by atoms with E-state index in [0.29, 0.717) is 0 Å². The summed E-state index contributed by atoms with van der Waals surface area (Å²) < 4.78 is 1.10. The minimum Gasteiger partial charge on any atom is -0.349 e. The van der Waals surface area contributed by atoms with Crippen LogP contribution in [0.3, 0.4) is 0 Å². The number of aromatic amines is 1. The third-order valence-corrected chi connectivity index (χ3v) is 3.35. The van der Waals surface area contributed by atoms with Crippen LogP contribution >= 0.6 is 15.9 Å². The molecule has 0 atom stereocenters. The molecule has 0 spiro atoms. The minimum absolute atomic E-state index is 1.10. The second-order valence-corrected chi connectivity index (χ2v) is 4.31. The van der Waals surface area contributed by atoms with E-state index < -0.39 is 0 Å². The highest BCUT2D eigenvalue weighted by Crippen LogP contribution is 2.29. The van der Waals surface area contributed by atoms with Crippen LogP contribution in [0.5, 0.6) is 0 Å². The first-order valence-corrected chi connectivity index (χ1v) is 5.14. The molecule has 2 rings (SSSR count). The van der Waals surface area contributed by atoms with Crippen LogP contribution in [0.2, 0.25) is 0 Å². The lowest BCUT2D eigenvalue weighted by atomic mass is 10.1. The zero-order valence-corrected chi connectivity index (χ0v) is 9.62. The van der Waals surface area contributed by atoms with Gasteiger partial charge in [0.1, 0.15) is 0 Å². The molecule has 13 heavy (non-hydrogen) atoms. The zero-order chi connectivity index (χ0) is 9.59. The monoisotopic (exact) mass is 237 g/mol. The van der Waals surface area contributed by atoms with Gasteiger partial charge in [-0.05, 0) is 53.4 Å². The fourth-order valence-corrected chi connectivity index (χ4v) is 2.17. The van der Waals surface area contributed by atoms with Crippen molar-refractivity contribution in [2.75, 3.05) is 0 Å². The highest BCUT2D eigenvalue weighted by atomic mass is 79.9. The number of fused-ring (bicyclic) bond motifs is 1. The molecule has 68 valence electrons. The van der Waals surface area contributed by atoms with Crippen LogP contribution in [0.15, 0.2) is 16.7 Å². The van der Waals surface area contributed by atoms with E-state index in [-0.39, 0.29) is 0 Å². The summed E-state index contributed by atoms with van der Waals surface area (Å²) in [6.45, 7) is 6.41. The molecule has 0 radical (unpaired) electrons. The predicted octanol–water partition coefficient (Wildman–Crippen LogP) is 3.86. The summed E-state index contributed by atoms with van der Waals surface area (Å²) in [6, 6.07) is 4.32. The Labute approximate surface area is 86.3 Å². The van der Waals surface area contributed by atoms with E-state index in [1.165, 1.54) is 27.6 Å². The summed E-state index contributed by atoms with van der Waals surface area (Å²) in [7, 11) is 0. The van der Waals surface area contributed by atoms with Crippen molar-refractivity contribution in [3.05, 3.63) is 33.4 Å². The molecule has 2 heteroatoms. The van der Waals surface area contributed by atoms with Crippen molar-refractivity contribution in [1.82, 2.24) is 4.98 Å². The molecule has 0 aliphatic carbocycles. The largest absolute Gasteiger partial charge is 0.349 e. The van der Waals surface area contributed by atoms with Gasteiger partial charge in [0, 0.05) is 10.9 Å². The quantitative estimate of drug-likeness (QED) is 0.717. The third-order valence-electron chi connectivity index (χ3n) is 2.56. The van der Waals surface area contributed by atoms with E-state index in [4.69, 9.17) is 0 Å². The van der Waals surface area contributed by atoms with Crippen LogP contribution in [-0.4, -0.2) is 4.98 Å². The maximum atomic E-state index is 3.52. The van der Waals surface area contributed by atoms with Gasteiger partial charge in [-0.15, -0.1) is 0 Å². The van der Waals surface area contributed by atoms with Crippen molar-refractivity contribution in [1.29, 1.82) is 0 Å². The summed E-state index contributed by atoms with van der Waals surface area (Å²) in [5.74, 6) is 0. The smallest absolute Gasteiger partial charge is 0.0860 e. The molecule has 1 aromatic carbocycles. The Morgan fingerprint density at radius 1 is 1.08 bits per heavy atom. The number of H-pyrrole nitrogens is 1. The predicted molar refractivity (Wildman–Crippen MR) is 60.2 cm³/mol. The van der Waals surface area contributed by atoms with E-state index >= 15 is 0 Å². The van der Waals surface area contributed by atoms with Gasteiger partial charge in [0.05, 0.1) is 4.60 Å². The van der Waals surface area contributed by atoms with Gasteiger partial charge < -0.3 is 4.98 Å². The number of aryl methyl sites for hydroxylation is 3. The second kappa shape index (κ2) is 2.88. The van der Waals surface area contributed by atoms with Crippen LogP contribution < -0.4 is 0 Å². The minimum atomic E-state index is 1.10. The van der Waals surface area contributed by atoms with E-state index in [9.17, 15) is 0 Å². The Morgan fingerprint density at radius 3 is 2.31 bits per heavy atom. The molecule has 0 amide bonds. The van der Waals surface area contributed by atoms with Crippen LogP contribution in [0.25, 0.3) is 10.9 Å². The Kier molecular flexibility index (Phi) is 1.95. The van der Waals surface area contributed by atoms with Gasteiger partial charge in [0.15, 0.2) is 0 Å². The number of nitrogens with one attached hydrogen (secondary N) is 1. The first-order valence-electron chi connectivity index (χ1n) is 4.35. The molecule has 1 N–H and O–H groups in total. The lowest BCUT2D eigenvalue weighted by Gasteiger charge is -2.00. The maximum Gasteiger partial charge on any atom is 0.0860 e. The Hall–Kier alpha value is -0.760. The average Bonchev–Trinajstić information content (AvgIpc) is 2.38. The summed E-state index contributed by atoms with van der Waals surface area (Å²) in [4.78, 5) is 3.35. The van der Waals surface area contributed by atoms with Crippen molar-refractivity contribution in [2.45, 2.75) is 20.8 Å². The molecular weight excluding hydrogens is 226 g/mol. The van der Waals surface area contributed by atoms with Crippen LogP contribution in [0.1, 0.15) is 16.7 Å². The Balaban J connectivity index is 3.00. The number of benzene rings is 1. The number of halogens is 1. The number of aromatic nitrogens is 1. The van der Waals surface area contributed by atoms with Crippen LogP contribution in [0.4, 0.5) is 0 Å². The van der Waals surface area contributed by atoms with Gasteiger partial charge in [0.2, 0.25) is 0 Å². The lowest BCUT2D eigenvalue weighted by Crippen LogP contribution is -1.80. The van der Waals surface area contributed by atoms with E-state index in [1.807, 2.05) is 0 Å². The zero-order valence-electron chi connectivity index (χ0n) is 8.03. The molecule has 2 aromatic rings. The molecular formula is C11H12BrN. The summed E-state index contributed by atoms with van der Waals surface area (Å²) >= 11 is 3.52. The number of hydrogen-bond donors (Lipinski definition) is 1. The van der Waals surface area contributed by atoms with Crippen LogP contribution in [-0.2, 0) is 0 Å². The van der Waals surface area contributed by atoms with Crippen molar-refractivity contribution in [3.63, 3.8) is 0 Å². The van der Waals surface area contributed by atoms with E-state index in [1.54, 1.807) is 0 Å². The third kappa shape index (κ3) is 1.20. The molecule has 0 aliphatic heterocycles. The van der Waals surface area contributed by atoms with Crippen molar-refractivity contribution in [3.8, 4) is 0 Å². The SMILES string of the molecule is Cc1ccc(C)c2c(C)c(Br)[nH]c12. The van der Waals surface area contributed by atoms with Gasteiger partial charge in [-0.2, -0.15) is 0 Å². The Morgan fingerprint density at radius 2 is 1.69 bits per heavy atom. The second-order valence-electron chi connectivity index (χ2n) is 3.51. The first-order chi connectivity index (χ1) is 6.11. The number of rotatable bonds is 0.